The summed E-state index contributed by atoms with van der Waals surface area (Å²) in [6.07, 6.45) is 4.39. The maximum Gasteiger partial charge on any atom is 0.264 e. The first-order chi connectivity index (χ1) is 13.0. The molecular weight excluding hydrogens is 358 g/mol. The molecule has 144 valence electrons. The van der Waals surface area contributed by atoms with E-state index in [-0.39, 0.29) is 6.04 Å². The summed E-state index contributed by atoms with van der Waals surface area (Å²) in [6.45, 7) is 4.88. The molecule has 2 aromatic rings. The zero-order chi connectivity index (χ0) is 19.3. The van der Waals surface area contributed by atoms with E-state index in [1.165, 1.54) is 0 Å². The molecule has 1 aliphatic heterocycles. The highest BCUT2D eigenvalue weighted by molar-refractivity contribution is 7.89. The predicted molar refractivity (Wildman–Crippen MR) is 108 cm³/mol. The first kappa shape index (κ1) is 19.6. The molecular formula is C22H27NO3S. The fourth-order valence-electron chi connectivity index (χ4n) is 3.36. The lowest BCUT2D eigenvalue weighted by Gasteiger charge is -2.29. The Bertz CT molecular complexity index is 874. The molecule has 0 aliphatic carbocycles. The van der Waals surface area contributed by atoms with Gasteiger partial charge >= 0.3 is 0 Å². The van der Waals surface area contributed by atoms with Crippen LogP contribution in [0.4, 0.5) is 0 Å². The SMILES string of the molecule is CCCC1=CC[C@@H](COCc2ccccc2)N1S(=O)(=O)c1ccc(C)cc1. The number of allylic oxidation sites excluding steroid dienone is 1. The molecule has 0 saturated heterocycles. The quantitative estimate of drug-likeness (QED) is 0.664. The van der Waals surface area contributed by atoms with E-state index in [0.29, 0.717) is 24.5 Å². The number of ether oxygens (including phenoxy) is 1. The van der Waals surface area contributed by atoms with Gasteiger partial charge in [0.15, 0.2) is 0 Å². The normalized spacial score (nSPS) is 17.2. The molecule has 0 spiro atoms. The molecule has 0 saturated carbocycles. The van der Waals surface area contributed by atoms with E-state index < -0.39 is 10.0 Å². The Hall–Kier alpha value is -2.11. The lowest BCUT2D eigenvalue weighted by Crippen LogP contribution is -2.38. The van der Waals surface area contributed by atoms with Crippen molar-refractivity contribution in [3.05, 3.63) is 77.5 Å². The van der Waals surface area contributed by atoms with Crippen LogP contribution in [0.5, 0.6) is 0 Å². The van der Waals surface area contributed by atoms with Crippen molar-refractivity contribution in [3.8, 4) is 0 Å². The monoisotopic (exact) mass is 385 g/mol. The summed E-state index contributed by atoms with van der Waals surface area (Å²) >= 11 is 0. The van der Waals surface area contributed by atoms with Crippen molar-refractivity contribution in [2.24, 2.45) is 0 Å². The molecule has 1 heterocycles. The highest BCUT2D eigenvalue weighted by Crippen LogP contribution is 2.32. The molecule has 1 aliphatic rings. The van der Waals surface area contributed by atoms with Crippen molar-refractivity contribution in [2.75, 3.05) is 6.61 Å². The molecule has 0 unspecified atom stereocenters. The van der Waals surface area contributed by atoms with Crippen LogP contribution in [0.15, 0.2) is 71.3 Å². The van der Waals surface area contributed by atoms with Gasteiger partial charge in [0.05, 0.1) is 24.2 Å². The average Bonchev–Trinajstić information content (AvgIpc) is 3.07. The number of benzene rings is 2. The molecule has 0 fully saturated rings. The van der Waals surface area contributed by atoms with Crippen LogP contribution in [-0.4, -0.2) is 25.4 Å². The predicted octanol–water partition coefficient (Wildman–Crippen LogP) is 4.66. The van der Waals surface area contributed by atoms with E-state index in [4.69, 9.17) is 4.74 Å². The number of hydrogen-bond donors (Lipinski definition) is 0. The second kappa shape index (κ2) is 8.72. The van der Waals surface area contributed by atoms with Gasteiger partial charge in [-0.15, -0.1) is 0 Å². The van der Waals surface area contributed by atoms with E-state index in [1.54, 1.807) is 16.4 Å². The molecule has 2 aromatic carbocycles. The van der Waals surface area contributed by atoms with Gasteiger partial charge in [0, 0.05) is 5.70 Å². The lowest BCUT2D eigenvalue weighted by atomic mass is 10.2. The summed E-state index contributed by atoms with van der Waals surface area (Å²) in [4.78, 5) is 0.338. The number of hydrogen-bond acceptors (Lipinski definition) is 3. The second-order valence-corrected chi connectivity index (χ2v) is 8.76. The van der Waals surface area contributed by atoms with Crippen LogP contribution < -0.4 is 0 Å². The second-order valence-electron chi connectivity index (χ2n) is 6.95. The standard InChI is InChI=1S/C22H27NO3S/c1-3-7-20-12-13-21(17-26-16-19-8-5-4-6-9-19)23(20)27(24,25)22-14-10-18(2)11-15-22/h4-6,8-12,14-15,21H,3,7,13,16-17H2,1-2H3/t21-/m0/s1. The number of rotatable bonds is 8. The first-order valence-corrected chi connectivity index (χ1v) is 10.9. The molecule has 0 aromatic heterocycles. The van der Waals surface area contributed by atoms with Crippen LogP contribution in [0.1, 0.15) is 37.3 Å². The van der Waals surface area contributed by atoms with Gasteiger partial charge in [-0.1, -0.05) is 67.4 Å². The molecule has 0 amide bonds. The summed E-state index contributed by atoms with van der Waals surface area (Å²) in [5.41, 5.74) is 3.01. The summed E-state index contributed by atoms with van der Waals surface area (Å²) in [7, 11) is -3.59. The molecule has 5 heteroatoms. The van der Waals surface area contributed by atoms with Crippen LogP contribution in [-0.2, 0) is 21.4 Å². The largest absolute Gasteiger partial charge is 0.375 e. The van der Waals surface area contributed by atoms with Crippen LogP contribution in [0.25, 0.3) is 0 Å². The Morgan fingerprint density at radius 3 is 2.44 bits per heavy atom. The van der Waals surface area contributed by atoms with Crippen LogP contribution in [0.3, 0.4) is 0 Å². The minimum atomic E-state index is -3.59. The van der Waals surface area contributed by atoms with Crippen molar-refractivity contribution in [3.63, 3.8) is 0 Å². The maximum absolute atomic E-state index is 13.3. The van der Waals surface area contributed by atoms with Crippen molar-refractivity contribution in [1.82, 2.24) is 4.31 Å². The van der Waals surface area contributed by atoms with Crippen molar-refractivity contribution in [1.29, 1.82) is 0 Å². The van der Waals surface area contributed by atoms with Gasteiger partial charge in [0.25, 0.3) is 10.0 Å². The highest BCUT2D eigenvalue weighted by Gasteiger charge is 2.36. The zero-order valence-corrected chi connectivity index (χ0v) is 16.8. The number of nitrogens with zero attached hydrogens (tertiary/aromatic N) is 1. The topological polar surface area (TPSA) is 46.6 Å². The van der Waals surface area contributed by atoms with Crippen LogP contribution in [0.2, 0.25) is 0 Å². The van der Waals surface area contributed by atoms with E-state index in [9.17, 15) is 8.42 Å². The van der Waals surface area contributed by atoms with Gasteiger partial charge in [0.1, 0.15) is 0 Å². The Labute approximate surface area is 162 Å². The number of sulfonamides is 1. The van der Waals surface area contributed by atoms with Crippen LogP contribution >= 0.6 is 0 Å². The van der Waals surface area contributed by atoms with Gasteiger partial charge in [-0.25, -0.2) is 8.42 Å². The minimum absolute atomic E-state index is 0.193. The van der Waals surface area contributed by atoms with Gasteiger partial charge in [-0.05, 0) is 37.5 Å². The fourth-order valence-corrected chi connectivity index (χ4v) is 5.08. The molecule has 0 bridgehead atoms. The van der Waals surface area contributed by atoms with E-state index in [1.807, 2.05) is 55.5 Å². The average molecular weight is 386 g/mol. The Morgan fingerprint density at radius 1 is 1.07 bits per heavy atom. The third-order valence-corrected chi connectivity index (χ3v) is 6.66. The highest BCUT2D eigenvalue weighted by atomic mass is 32.2. The summed E-state index contributed by atoms with van der Waals surface area (Å²) < 4.78 is 34.1. The van der Waals surface area contributed by atoms with Gasteiger partial charge in [0.2, 0.25) is 0 Å². The molecule has 1 atom stereocenters. The molecule has 3 rings (SSSR count). The summed E-state index contributed by atoms with van der Waals surface area (Å²) in [5, 5.41) is 0. The number of aryl methyl sites for hydroxylation is 1. The Balaban J connectivity index is 1.76. The first-order valence-electron chi connectivity index (χ1n) is 9.44. The lowest BCUT2D eigenvalue weighted by molar-refractivity contribution is 0.0881. The van der Waals surface area contributed by atoms with Gasteiger partial charge in [-0.3, -0.25) is 4.31 Å². The zero-order valence-electron chi connectivity index (χ0n) is 16.0. The summed E-state index contributed by atoms with van der Waals surface area (Å²) in [5.74, 6) is 0. The third-order valence-electron chi connectivity index (χ3n) is 4.75. The Morgan fingerprint density at radius 2 is 1.78 bits per heavy atom. The van der Waals surface area contributed by atoms with Crippen molar-refractivity contribution >= 4 is 10.0 Å². The Kier molecular flexibility index (Phi) is 6.34. The van der Waals surface area contributed by atoms with Crippen LogP contribution in [0, 0.1) is 6.92 Å². The molecule has 0 N–H and O–H groups in total. The molecule has 0 radical (unpaired) electrons. The molecule has 4 nitrogen and oxygen atoms in total. The maximum atomic E-state index is 13.3. The summed E-state index contributed by atoms with van der Waals surface area (Å²) in [6, 6.07) is 16.8. The third kappa shape index (κ3) is 4.60. The van der Waals surface area contributed by atoms with Crippen molar-refractivity contribution in [2.45, 2.75) is 50.7 Å². The van der Waals surface area contributed by atoms with Crippen molar-refractivity contribution < 1.29 is 13.2 Å². The fraction of sp³-hybridized carbons (Fsp3) is 0.364. The smallest absolute Gasteiger partial charge is 0.264 e. The van der Waals surface area contributed by atoms with Gasteiger partial charge in [-0.2, -0.15) is 0 Å². The van der Waals surface area contributed by atoms with E-state index >= 15 is 0 Å². The minimum Gasteiger partial charge on any atom is -0.375 e. The van der Waals surface area contributed by atoms with Gasteiger partial charge < -0.3 is 4.74 Å². The molecule has 27 heavy (non-hydrogen) atoms. The van der Waals surface area contributed by atoms with E-state index in [2.05, 4.69) is 6.92 Å². The van der Waals surface area contributed by atoms with E-state index in [0.717, 1.165) is 29.7 Å².